The molecule has 0 amide bonds. The third kappa shape index (κ3) is 2.99. The number of rotatable bonds is 2. The van der Waals surface area contributed by atoms with Gasteiger partial charge in [-0.05, 0) is 44.2 Å². The lowest BCUT2D eigenvalue weighted by Crippen LogP contribution is -2.27. The Bertz CT molecular complexity index is 316. The Morgan fingerprint density at radius 3 is 2.47 bits per heavy atom. The molecule has 1 nitrogen and oxygen atoms in total. The SMILES string of the molecule is Cc1ccccc1SC1CCC(N)CC1. The third-order valence-corrected chi connectivity index (χ3v) is 4.62. The molecule has 1 fully saturated rings. The first kappa shape index (κ1) is 11.0. The van der Waals surface area contributed by atoms with Crippen LogP contribution < -0.4 is 5.73 Å². The summed E-state index contributed by atoms with van der Waals surface area (Å²) in [4.78, 5) is 1.44. The van der Waals surface area contributed by atoms with Gasteiger partial charge in [0.15, 0.2) is 0 Å². The molecule has 0 heterocycles. The average molecular weight is 221 g/mol. The normalized spacial score (nSPS) is 26.5. The first-order valence-corrected chi connectivity index (χ1v) is 6.61. The molecule has 1 aliphatic carbocycles. The smallest absolute Gasteiger partial charge is 0.0104 e. The van der Waals surface area contributed by atoms with E-state index in [-0.39, 0.29) is 0 Å². The van der Waals surface area contributed by atoms with Crippen LogP contribution in [0.25, 0.3) is 0 Å². The zero-order valence-corrected chi connectivity index (χ0v) is 10.1. The van der Waals surface area contributed by atoms with E-state index in [0.717, 1.165) is 5.25 Å². The monoisotopic (exact) mass is 221 g/mol. The van der Waals surface area contributed by atoms with E-state index in [9.17, 15) is 0 Å². The van der Waals surface area contributed by atoms with Gasteiger partial charge in [0.25, 0.3) is 0 Å². The van der Waals surface area contributed by atoms with Gasteiger partial charge in [0.05, 0.1) is 0 Å². The molecule has 2 rings (SSSR count). The van der Waals surface area contributed by atoms with E-state index in [1.54, 1.807) is 0 Å². The van der Waals surface area contributed by atoms with Crippen LogP contribution >= 0.6 is 11.8 Å². The highest BCUT2D eigenvalue weighted by Crippen LogP contribution is 2.34. The molecule has 2 N–H and O–H groups in total. The highest BCUT2D eigenvalue weighted by molar-refractivity contribution is 8.00. The minimum atomic E-state index is 0.457. The second-order valence-corrected chi connectivity index (χ2v) is 5.76. The number of hydrogen-bond acceptors (Lipinski definition) is 2. The molecule has 2 heteroatoms. The van der Waals surface area contributed by atoms with Gasteiger partial charge < -0.3 is 5.73 Å². The fourth-order valence-corrected chi connectivity index (χ4v) is 3.35. The Hall–Kier alpha value is -0.470. The summed E-state index contributed by atoms with van der Waals surface area (Å²) in [6.07, 6.45) is 4.95. The van der Waals surface area contributed by atoms with Gasteiger partial charge in [-0.25, -0.2) is 0 Å². The lowest BCUT2D eigenvalue weighted by atomic mass is 9.96. The Morgan fingerprint density at radius 1 is 1.13 bits per heavy atom. The third-order valence-electron chi connectivity index (χ3n) is 3.11. The van der Waals surface area contributed by atoms with Crippen LogP contribution in [0.2, 0.25) is 0 Å². The molecular formula is C13H19NS. The zero-order chi connectivity index (χ0) is 10.7. The Kier molecular flexibility index (Phi) is 3.71. The van der Waals surface area contributed by atoms with Crippen molar-refractivity contribution in [1.82, 2.24) is 0 Å². The minimum absolute atomic E-state index is 0.457. The van der Waals surface area contributed by atoms with Crippen molar-refractivity contribution in [2.75, 3.05) is 0 Å². The molecule has 0 atom stereocenters. The minimum Gasteiger partial charge on any atom is -0.328 e. The van der Waals surface area contributed by atoms with E-state index < -0.39 is 0 Å². The highest BCUT2D eigenvalue weighted by atomic mass is 32.2. The van der Waals surface area contributed by atoms with Gasteiger partial charge in [-0.1, -0.05) is 18.2 Å². The fourth-order valence-electron chi connectivity index (χ4n) is 2.07. The highest BCUT2D eigenvalue weighted by Gasteiger charge is 2.19. The van der Waals surface area contributed by atoms with Crippen molar-refractivity contribution in [3.63, 3.8) is 0 Å². The summed E-state index contributed by atoms with van der Waals surface area (Å²) in [7, 11) is 0. The topological polar surface area (TPSA) is 26.0 Å². The maximum Gasteiger partial charge on any atom is 0.0104 e. The zero-order valence-electron chi connectivity index (χ0n) is 9.28. The molecule has 15 heavy (non-hydrogen) atoms. The lowest BCUT2D eigenvalue weighted by Gasteiger charge is -2.25. The van der Waals surface area contributed by atoms with Gasteiger partial charge in [-0.3, -0.25) is 0 Å². The van der Waals surface area contributed by atoms with E-state index in [1.165, 1.54) is 36.1 Å². The average Bonchev–Trinajstić information content (AvgIpc) is 2.25. The number of aryl methyl sites for hydroxylation is 1. The summed E-state index contributed by atoms with van der Waals surface area (Å²) in [6, 6.07) is 9.12. The molecule has 0 bridgehead atoms. The van der Waals surface area contributed by atoms with Gasteiger partial charge in [0.1, 0.15) is 0 Å². The Labute approximate surface area is 96.4 Å². The summed E-state index contributed by atoms with van der Waals surface area (Å²) in [5.41, 5.74) is 7.31. The number of thioether (sulfide) groups is 1. The summed E-state index contributed by atoms with van der Waals surface area (Å²) < 4.78 is 0. The van der Waals surface area contributed by atoms with E-state index in [4.69, 9.17) is 5.73 Å². The lowest BCUT2D eigenvalue weighted by molar-refractivity contribution is 0.451. The molecule has 1 saturated carbocycles. The predicted molar refractivity (Wildman–Crippen MR) is 67.3 cm³/mol. The van der Waals surface area contributed by atoms with Crippen LogP contribution in [0.3, 0.4) is 0 Å². The van der Waals surface area contributed by atoms with E-state index in [2.05, 4.69) is 31.2 Å². The molecule has 1 aromatic rings. The summed E-state index contributed by atoms with van der Waals surface area (Å²) >= 11 is 2.04. The molecule has 0 radical (unpaired) electrons. The van der Waals surface area contributed by atoms with Gasteiger partial charge in [-0.2, -0.15) is 0 Å². The maximum atomic E-state index is 5.91. The quantitative estimate of drug-likeness (QED) is 0.828. The summed E-state index contributed by atoms with van der Waals surface area (Å²) in [6.45, 7) is 2.19. The van der Waals surface area contributed by atoms with Crippen molar-refractivity contribution in [2.45, 2.75) is 48.8 Å². The van der Waals surface area contributed by atoms with Crippen LogP contribution in [0.1, 0.15) is 31.2 Å². The molecule has 82 valence electrons. The van der Waals surface area contributed by atoms with Crippen LogP contribution in [0.15, 0.2) is 29.2 Å². The van der Waals surface area contributed by atoms with Gasteiger partial charge in [-0.15, -0.1) is 11.8 Å². The largest absolute Gasteiger partial charge is 0.328 e. The van der Waals surface area contributed by atoms with Crippen LogP contribution in [0.4, 0.5) is 0 Å². The predicted octanol–water partition coefficient (Wildman–Crippen LogP) is 3.36. The molecule has 1 aliphatic rings. The molecule has 0 unspecified atom stereocenters. The van der Waals surface area contributed by atoms with Crippen molar-refractivity contribution >= 4 is 11.8 Å². The van der Waals surface area contributed by atoms with Gasteiger partial charge in [0.2, 0.25) is 0 Å². The Balaban J connectivity index is 1.95. The molecule has 0 saturated heterocycles. The number of benzene rings is 1. The molecule has 0 aromatic heterocycles. The number of hydrogen-bond donors (Lipinski definition) is 1. The van der Waals surface area contributed by atoms with E-state index in [0.29, 0.717) is 6.04 Å². The van der Waals surface area contributed by atoms with Crippen LogP contribution in [0.5, 0.6) is 0 Å². The first-order chi connectivity index (χ1) is 7.25. The fraction of sp³-hybridized carbons (Fsp3) is 0.538. The van der Waals surface area contributed by atoms with Crippen molar-refractivity contribution in [3.8, 4) is 0 Å². The van der Waals surface area contributed by atoms with Crippen molar-refractivity contribution in [2.24, 2.45) is 5.73 Å². The number of nitrogens with two attached hydrogens (primary N) is 1. The second kappa shape index (κ2) is 5.04. The van der Waals surface area contributed by atoms with Gasteiger partial charge in [0, 0.05) is 16.2 Å². The van der Waals surface area contributed by atoms with Crippen molar-refractivity contribution in [3.05, 3.63) is 29.8 Å². The first-order valence-electron chi connectivity index (χ1n) is 5.73. The molecule has 1 aromatic carbocycles. The van der Waals surface area contributed by atoms with Crippen molar-refractivity contribution < 1.29 is 0 Å². The van der Waals surface area contributed by atoms with Gasteiger partial charge >= 0.3 is 0 Å². The van der Waals surface area contributed by atoms with Crippen molar-refractivity contribution in [1.29, 1.82) is 0 Å². The van der Waals surface area contributed by atoms with Crippen LogP contribution in [0, 0.1) is 6.92 Å². The summed E-state index contributed by atoms with van der Waals surface area (Å²) in [5.74, 6) is 0. The van der Waals surface area contributed by atoms with E-state index >= 15 is 0 Å². The molecular weight excluding hydrogens is 202 g/mol. The summed E-state index contributed by atoms with van der Waals surface area (Å²) in [5, 5.41) is 0.783. The van der Waals surface area contributed by atoms with Crippen LogP contribution in [-0.2, 0) is 0 Å². The van der Waals surface area contributed by atoms with E-state index in [1.807, 2.05) is 11.8 Å². The molecule has 0 spiro atoms. The maximum absolute atomic E-state index is 5.91. The standard InChI is InChI=1S/C13H19NS/c1-10-4-2-3-5-13(10)15-12-8-6-11(14)7-9-12/h2-5,11-12H,6-9,14H2,1H3. The Morgan fingerprint density at radius 2 is 1.80 bits per heavy atom. The second-order valence-electron chi connectivity index (χ2n) is 4.42. The van der Waals surface area contributed by atoms with Crippen LogP contribution in [-0.4, -0.2) is 11.3 Å². The molecule has 0 aliphatic heterocycles.